The first kappa shape index (κ1) is 23.6. The smallest absolute Gasteiger partial charge is 0.338 e. The fraction of sp³-hybridized carbons (Fsp3) is 0.304. The van der Waals surface area contributed by atoms with Crippen LogP contribution in [0.4, 0.5) is 10.5 Å². The molecule has 0 aromatic heterocycles. The third kappa shape index (κ3) is 4.89. The molecular formula is C23H25N3O7. The molecule has 10 nitrogen and oxygen atoms in total. The number of rotatable bonds is 8. The van der Waals surface area contributed by atoms with Crippen molar-refractivity contribution >= 4 is 17.7 Å². The lowest BCUT2D eigenvalue weighted by Crippen LogP contribution is -2.46. The number of urea groups is 1. The molecule has 2 aromatic carbocycles. The van der Waals surface area contributed by atoms with Crippen LogP contribution in [0.3, 0.4) is 0 Å². The van der Waals surface area contributed by atoms with E-state index in [2.05, 4.69) is 5.32 Å². The molecule has 2 aromatic rings. The maximum atomic E-state index is 12.7. The number of carbonyl (C=O) groups is 2. The zero-order valence-corrected chi connectivity index (χ0v) is 18.8. The average Bonchev–Trinajstić information content (AvgIpc) is 2.81. The molecule has 174 valence electrons. The van der Waals surface area contributed by atoms with Crippen LogP contribution in [0.25, 0.3) is 0 Å². The molecule has 1 atom stereocenters. The van der Waals surface area contributed by atoms with Crippen LogP contribution in [-0.4, -0.2) is 42.6 Å². The summed E-state index contributed by atoms with van der Waals surface area (Å²) in [5.74, 6) is -0.292. The highest BCUT2D eigenvalue weighted by Gasteiger charge is 2.39. The predicted molar refractivity (Wildman–Crippen MR) is 119 cm³/mol. The number of hydrogen-bond acceptors (Lipinski definition) is 7. The fourth-order valence-electron chi connectivity index (χ4n) is 3.50. The fourth-order valence-corrected chi connectivity index (χ4v) is 3.50. The van der Waals surface area contributed by atoms with E-state index in [1.54, 1.807) is 13.8 Å². The van der Waals surface area contributed by atoms with E-state index < -0.39 is 23.0 Å². The van der Waals surface area contributed by atoms with E-state index >= 15 is 0 Å². The number of benzene rings is 2. The first-order chi connectivity index (χ1) is 15.8. The molecule has 3 rings (SSSR count). The molecule has 0 saturated heterocycles. The number of carbonyl (C=O) groups excluding carboxylic acids is 2. The molecule has 0 bridgehead atoms. The lowest BCUT2D eigenvalue weighted by atomic mass is 9.93. The second kappa shape index (κ2) is 10.0. The summed E-state index contributed by atoms with van der Waals surface area (Å²) in [4.78, 5) is 37.8. The van der Waals surface area contributed by atoms with Crippen LogP contribution in [0.15, 0.2) is 53.7 Å². The van der Waals surface area contributed by atoms with Gasteiger partial charge in [0.2, 0.25) is 0 Å². The number of hydrogen-bond donors (Lipinski definition) is 1. The summed E-state index contributed by atoms with van der Waals surface area (Å²) in [6.45, 7) is 3.51. The SMILES string of the molecule is CCOC(=O)C1=C(C)N(C)C(=O)N[C@@H]1c1cc(OC)c(OCc2ccccc2)cc1[N+](=O)[O-]. The van der Waals surface area contributed by atoms with E-state index in [1.807, 2.05) is 30.3 Å². The zero-order valence-electron chi connectivity index (χ0n) is 18.8. The number of allylic oxidation sites excluding steroid dienone is 1. The van der Waals surface area contributed by atoms with Crippen molar-refractivity contribution in [1.82, 2.24) is 10.2 Å². The molecule has 10 heteroatoms. The van der Waals surface area contributed by atoms with Gasteiger partial charge >= 0.3 is 12.0 Å². The molecule has 0 fully saturated rings. The summed E-state index contributed by atoms with van der Waals surface area (Å²) >= 11 is 0. The van der Waals surface area contributed by atoms with Gasteiger partial charge in [-0.15, -0.1) is 0 Å². The minimum Gasteiger partial charge on any atom is -0.493 e. The van der Waals surface area contributed by atoms with Crippen molar-refractivity contribution in [2.75, 3.05) is 20.8 Å². The van der Waals surface area contributed by atoms with Gasteiger partial charge in [0.1, 0.15) is 6.61 Å². The Morgan fingerprint density at radius 2 is 1.91 bits per heavy atom. The molecule has 1 aliphatic rings. The first-order valence-corrected chi connectivity index (χ1v) is 10.2. The van der Waals surface area contributed by atoms with Crippen LogP contribution in [0, 0.1) is 10.1 Å². The van der Waals surface area contributed by atoms with Gasteiger partial charge in [0.15, 0.2) is 11.5 Å². The number of nitrogens with zero attached hydrogens (tertiary/aromatic N) is 2. The quantitative estimate of drug-likeness (QED) is 0.366. The summed E-state index contributed by atoms with van der Waals surface area (Å²) < 4.78 is 16.4. The molecular weight excluding hydrogens is 430 g/mol. The van der Waals surface area contributed by atoms with Crippen LogP contribution in [-0.2, 0) is 16.1 Å². The molecule has 0 saturated carbocycles. The molecule has 1 heterocycles. The second-order valence-electron chi connectivity index (χ2n) is 7.25. The maximum absolute atomic E-state index is 12.7. The van der Waals surface area contributed by atoms with Gasteiger partial charge in [-0.05, 0) is 25.5 Å². The molecule has 1 N–H and O–H groups in total. The minimum atomic E-state index is -1.11. The number of esters is 1. The third-order valence-electron chi connectivity index (χ3n) is 5.31. The Balaban J connectivity index is 2.09. The van der Waals surface area contributed by atoms with Crippen molar-refractivity contribution < 1.29 is 28.7 Å². The van der Waals surface area contributed by atoms with E-state index in [4.69, 9.17) is 14.2 Å². The summed E-state index contributed by atoms with van der Waals surface area (Å²) in [5, 5.41) is 14.6. The standard InChI is InChI=1S/C23H25N3O7/c1-5-32-22(27)20-14(2)25(3)23(28)24-21(20)16-11-18(31-4)19(12-17(16)26(29)30)33-13-15-9-7-6-8-10-15/h6-12,21H,5,13H2,1-4H3,(H,24,28)/t21-/m1/s1. The molecule has 33 heavy (non-hydrogen) atoms. The normalized spacial score (nSPS) is 15.7. The number of methoxy groups -OCH3 is 1. The van der Waals surface area contributed by atoms with Gasteiger partial charge in [-0.25, -0.2) is 9.59 Å². The summed E-state index contributed by atoms with van der Waals surface area (Å²) in [5.41, 5.74) is 1.05. The van der Waals surface area contributed by atoms with Crippen molar-refractivity contribution in [2.45, 2.75) is 26.5 Å². The Labute approximate surface area is 190 Å². The van der Waals surface area contributed by atoms with Gasteiger partial charge in [0.25, 0.3) is 5.69 Å². The summed E-state index contributed by atoms with van der Waals surface area (Å²) in [7, 11) is 2.90. The average molecular weight is 455 g/mol. The van der Waals surface area contributed by atoms with Crippen molar-refractivity contribution in [3.8, 4) is 11.5 Å². The van der Waals surface area contributed by atoms with E-state index in [0.29, 0.717) is 5.70 Å². The Morgan fingerprint density at radius 1 is 1.21 bits per heavy atom. The summed E-state index contributed by atoms with van der Waals surface area (Å²) in [6.07, 6.45) is 0. The monoisotopic (exact) mass is 455 g/mol. The number of amides is 2. The van der Waals surface area contributed by atoms with Crippen molar-refractivity contribution in [2.24, 2.45) is 0 Å². The van der Waals surface area contributed by atoms with E-state index in [1.165, 1.54) is 31.2 Å². The van der Waals surface area contributed by atoms with Gasteiger partial charge in [0.05, 0.1) is 41.9 Å². The number of nitro benzene ring substituents is 1. The molecule has 1 aliphatic heterocycles. The Morgan fingerprint density at radius 3 is 2.52 bits per heavy atom. The minimum absolute atomic E-state index is 0.0766. The summed E-state index contributed by atoms with van der Waals surface area (Å²) in [6, 6.07) is 10.3. The molecule has 0 aliphatic carbocycles. The number of ether oxygens (including phenoxy) is 3. The van der Waals surface area contributed by atoms with Crippen molar-refractivity contribution in [3.63, 3.8) is 0 Å². The maximum Gasteiger partial charge on any atom is 0.338 e. The molecule has 0 radical (unpaired) electrons. The van der Waals surface area contributed by atoms with E-state index in [-0.39, 0.29) is 41.5 Å². The number of nitrogens with one attached hydrogen (secondary N) is 1. The molecule has 0 spiro atoms. The molecule has 2 amide bonds. The predicted octanol–water partition coefficient (Wildman–Crippen LogP) is 3.72. The van der Waals surface area contributed by atoms with Gasteiger partial charge in [-0.2, -0.15) is 0 Å². The van der Waals surface area contributed by atoms with Crippen LogP contribution in [0.1, 0.15) is 31.0 Å². The van der Waals surface area contributed by atoms with Gasteiger partial charge < -0.3 is 24.4 Å². The van der Waals surface area contributed by atoms with E-state index in [0.717, 1.165) is 5.56 Å². The second-order valence-corrected chi connectivity index (χ2v) is 7.25. The highest BCUT2D eigenvalue weighted by Crippen LogP contribution is 2.41. The third-order valence-corrected chi connectivity index (χ3v) is 5.31. The number of nitro groups is 1. The van der Waals surface area contributed by atoms with Crippen LogP contribution >= 0.6 is 0 Å². The zero-order chi connectivity index (χ0) is 24.1. The van der Waals surface area contributed by atoms with Gasteiger partial charge in [-0.3, -0.25) is 10.1 Å². The Kier molecular flexibility index (Phi) is 7.17. The Bertz CT molecular complexity index is 1100. The molecule has 0 unspecified atom stereocenters. The lowest BCUT2D eigenvalue weighted by molar-refractivity contribution is -0.385. The van der Waals surface area contributed by atoms with Crippen molar-refractivity contribution in [1.29, 1.82) is 0 Å². The van der Waals surface area contributed by atoms with Crippen LogP contribution in [0.5, 0.6) is 11.5 Å². The highest BCUT2D eigenvalue weighted by atomic mass is 16.6. The Hall–Kier alpha value is -4.08. The van der Waals surface area contributed by atoms with Crippen LogP contribution in [0.2, 0.25) is 0 Å². The van der Waals surface area contributed by atoms with E-state index in [9.17, 15) is 19.7 Å². The van der Waals surface area contributed by atoms with Gasteiger partial charge in [-0.1, -0.05) is 30.3 Å². The lowest BCUT2D eigenvalue weighted by Gasteiger charge is -2.33. The topological polar surface area (TPSA) is 120 Å². The van der Waals surface area contributed by atoms with Crippen LogP contribution < -0.4 is 14.8 Å². The first-order valence-electron chi connectivity index (χ1n) is 10.2. The highest BCUT2D eigenvalue weighted by molar-refractivity contribution is 5.95. The van der Waals surface area contributed by atoms with Gasteiger partial charge in [0, 0.05) is 12.7 Å². The largest absolute Gasteiger partial charge is 0.493 e. The van der Waals surface area contributed by atoms with Crippen molar-refractivity contribution in [3.05, 3.63) is 75.0 Å².